The molecular formula is C14H20N2O2S. The maximum absolute atomic E-state index is 12.0. The number of nitrogens with one attached hydrogen (secondary N) is 1. The number of nitrogens with zero attached hydrogens (tertiary/aromatic N) is 1. The number of carbonyl (C=O) groups excluding carboxylic acids is 1. The third-order valence-electron chi connectivity index (χ3n) is 4.10. The van der Waals surface area contributed by atoms with Crippen LogP contribution in [-0.4, -0.2) is 29.1 Å². The van der Waals surface area contributed by atoms with Gasteiger partial charge in [-0.05, 0) is 26.2 Å². The van der Waals surface area contributed by atoms with Crippen molar-refractivity contribution in [3.05, 3.63) is 16.1 Å². The van der Waals surface area contributed by atoms with E-state index < -0.39 is 0 Å². The van der Waals surface area contributed by atoms with Gasteiger partial charge in [0.05, 0.1) is 35.4 Å². The monoisotopic (exact) mass is 280 g/mol. The van der Waals surface area contributed by atoms with Crippen molar-refractivity contribution < 1.29 is 9.53 Å². The molecule has 0 unspecified atom stereocenters. The van der Waals surface area contributed by atoms with Crippen molar-refractivity contribution in [1.82, 2.24) is 10.3 Å². The second-order valence-corrected chi connectivity index (χ2v) is 6.77. The number of ether oxygens (including phenoxy) is 1. The van der Waals surface area contributed by atoms with E-state index in [0.717, 1.165) is 30.0 Å². The average molecular weight is 280 g/mol. The van der Waals surface area contributed by atoms with Gasteiger partial charge in [0, 0.05) is 5.38 Å². The molecule has 1 atom stereocenters. The molecule has 0 radical (unpaired) electrons. The molecule has 1 spiro atoms. The van der Waals surface area contributed by atoms with Crippen LogP contribution in [0.2, 0.25) is 0 Å². The van der Waals surface area contributed by atoms with Gasteiger partial charge in [-0.25, -0.2) is 4.98 Å². The van der Waals surface area contributed by atoms with Crippen LogP contribution in [0.15, 0.2) is 5.38 Å². The molecule has 2 fully saturated rings. The summed E-state index contributed by atoms with van der Waals surface area (Å²) in [7, 11) is 0. The fraction of sp³-hybridized carbons (Fsp3) is 0.714. The predicted molar refractivity (Wildman–Crippen MR) is 74.3 cm³/mol. The molecule has 1 aromatic rings. The Balaban J connectivity index is 1.50. The number of amides is 1. The molecule has 4 nitrogen and oxygen atoms in total. The van der Waals surface area contributed by atoms with Gasteiger partial charge in [0.1, 0.15) is 0 Å². The summed E-state index contributed by atoms with van der Waals surface area (Å²) in [6.07, 6.45) is 6.20. The first-order valence-corrected chi connectivity index (χ1v) is 7.88. The van der Waals surface area contributed by atoms with Gasteiger partial charge in [-0.2, -0.15) is 0 Å². The van der Waals surface area contributed by atoms with Gasteiger partial charge >= 0.3 is 0 Å². The third kappa shape index (κ3) is 2.98. The van der Waals surface area contributed by atoms with E-state index in [1.54, 1.807) is 11.3 Å². The van der Waals surface area contributed by atoms with E-state index >= 15 is 0 Å². The number of hydrogen-bond donors (Lipinski definition) is 1. The second kappa shape index (κ2) is 5.21. The second-order valence-electron chi connectivity index (χ2n) is 5.70. The molecule has 1 N–H and O–H groups in total. The van der Waals surface area contributed by atoms with Gasteiger partial charge < -0.3 is 10.1 Å². The molecule has 1 aliphatic heterocycles. The standard InChI is InChI=1S/C14H20N2O2S/c1-10-15-11(9-19-10)6-13(17)16-12-7-14(18-8-12)4-2-3-5-14/h9,12H,2-8H2,1H3,(H,16,17)/t12-/m0/s1. The fourth-order valence-electron chi connectivity index (χ4n) is 3.24. The molecule has 1 aliphatic carbocycles. The Morgan fingerprint density at radius 1 is 1.58 bits per heavy atom. The molecular weight excluding hydrogens is 260 g/mol. The van der Waals surface area contributed by atoms with Gasteiger partial charge in [0.25, 0.3) is 0 Å². The molecule has 0 bridgehead atoms. The van der Waals surface area contributed by atoms with Crippen molar-refractivity contribution in [3.8, 4) is 0 Å². The Bertz CT molecular complexity index is 466. The smallest absolute Gasteiger partial charge is 0.226 e. The van der Waals surface area contributed by atoms with Crippen molar-refractivity contribution in [3.63, 3.8) is 0 Å². The van der Waals surface area contributed by atoms with Crippen molar-refractivity contribution in [2.24, 2.45) is 0 Å². The highest BCUT2D eigenvalue weighted by Gasteiger charge is 2.42. The summed E-state index contributed by atoms with van der Waals surface area (Å²) in [4.78, 5) is 16.3. The van der Waals surface area contributed by atoms with E-state index in [4.69, 9.17) is 4.74 Å². The van der Waals surface area contributed by atoms with Crippen LogP contribution in [0.5, 0.6) is 0 Å². The van der Waals surface area contributed by atoms with Crippen molar-refractivity contribution in [2.45, 2.75) is 57.1 Å². The summed E-state index contributed by atoms with van der Waals surface area (Å²) < 4.78 is 5.94. The van der Waals surface area contributed by atoms with E-state index in [1.165, 1.54) is 12.8 Å². The lowest BCUT2D eigenvalue weighted by Crippen LogP contribution is -2.37. The molecule has 1 aromatic heterocycles. The topological polar surface area (TPSA) is 51.2 Å². The maximum Gasteiger partial charge on any atom is 0.226 e. The number of aromatic nitrogens is 1. The van der Waals surface area contributed by atoms with E-state index in [-0.39, 0.29) is 17.6 Å². The minimum atomic E-state index is 0.0638. The Morgan fingerprint density at radius 3 is 3.05 bits per heavy atom. The molecule has 2 heterocycles. The summed E-state index contributed by atoms with van der Waals surface area (Å²) in [5.74, 6) is 0.0638. The lowest BCUT2D eigenvalue weighted by atomic mass is 9.96. The minimum absolute atomic E-state index is 0.0638. The summed E-state index contributed by atoms with van der Waals surface area (Å²) in [6, 6.07) is 0.185. The predicted octanol–water partition coefficient (Wildman–Crippen LogP) is 2.21. The first-order chi connectivity index (χ1) is 9.15. The van der Waals surface area contributed by atoms with Gasteiger partial charge in [-0.3, -0.25) is 4.79 Å². The van der Waals surface area contributed by atoms with Crippen LogP contribution in [0.3, 0.4) is 0 Å². The third-order valence-corrected chi connectivity index (χ3v) is 4.92. The SMILES string of the molecule is Cc1nc(CC(=O)N[C@@H]2COC3(CCCC3)C2)cs1. The Hall–Kier alpha value is -0.940. The summed E-state index contributed by atoms with van der Waals surface area (Å²) in [5.41, 5.74) is 0.948. The molecule has 104 valence electrons. The molecule has 0 aromatic carbocycles. The largest absolute Gasteiger partial charge is 0.373 e. The van der Waals surface area contributed by atoms with Crippen LogP contribution in [-0.2, 0) is 16.0 Å². The molecule has 1 saturated carbocycles. The van der Waals surface area contributed by atoms with Crippen LogP contribution in [0, 0.1) is 6.92 Å². The molecule has 1 saturated heterocycles. The average Bonchev–Trinajstić information content (AvgIpc) is 3.05. The lowest BCUT2D eigenvalue weighted by molar-refractivity contribution is -0.121. The van der Waals surface area contributed by atoms with Gasteiger partial charge in [0.15, 0.2) is 0 Å². The summed E-state index contributed by atoms with van der Waals surface area (Å²) in [5, 5.41) is 6.06. The van der Waals surface area contributed by atoms with Crippen LogP contribution in [0.4, 0.5) is 0 Å². The zero-order valence-electron chi connectivity index (χ0n) is 11.3. The van der Waals surface area contributed by atoms with Gasteiger partial charge in [-0.15, -0.1) is 11.3 Å². The van der Waals surface area contributed by atoms with E-state index in [2.05, 4.69) is 10.3 Å². The van der Waals surface area contributed by atoms with Crippen LogP contribution >= 0.6 is 11.3 Å². The molecule has 3 rings (SSSR count). The van der Waals surface area contributed by atoms with Crippen molar-refractivity contribution in [2.75, 3.05) is 6.61 Å². The quantitative estimate of drug-likeness (QED) is 0.923. The highest BCUT2D eigenvalue weighted by molar-refractivity contribution is 7.09. The highest BCUT2D eigenvalue weighted by atomic mass is 32.1. The maximum atomic E-state index is 12.0. The van der Waals surface area contributed by atoms with Crippen molar-refractivity contribution in [1.29, 1.82) is 0 Å². The van der Waals surface area contributed by atoms with Gasteiger partial charge in [0.2, 0.25) is 5.91 Å². The first-order valence-electron chi connectivity index (χ1n) is 7.00. The highest BCUT2D eigenvalue weighted by Crippen LogP contribution is 2.40. The number of aryl methyl sites for hydroxylation is 1. The Morgan fingerprint density at radius 2 is 2.37 bits per heavy atom. The molecule has 2 aliphatic rings. The Kier molecular flexibility index (Phi) is 3.58. The van der Waals surface area contributed by atoms with E-state index in [0.29, 0.717) is 13.0 Å². The normalized spacial score (nSPS) is 25.0. The lowest BCUT2D eigenvalue weighted by Gasteiger charge is -2.21. The van der Waals surface area contributed by atoms with Crippen LogP contribution < -0.4 is 5.32 Å². The minimum Gasteiger partial charge on any atom is -0.373 e. The van der Waals surface area contributed by atoms with E-state index in [1.807, 2.05) is 12.3 Å². The van der Waals surface area contributed by atoms with Crippen LogP contribution in [0.1, 0.15) is 42.8 Å². The number of carbonyl (C=O) groups is 1. The first kappa shape index (κ1) is 13.1. The summed E-state index contributed by atoms with van der Waals surface area (Å²) in [6.45, 7) is 2.63. The zero-order valence-corrected chi connectivity index (χ0v) is 12.1. The zero-order chi connectivity index (χ0) is 13.3. The molecule has 19 heavy (non-hydrogen) atoms. The van der Waals surface area contributed by atoms with Crippen molar-refractivity contribution >= 4 is 17.2 Å². The molecule has 5 heteroatoms. The Labute approximate surface area is 117 Å². The number of rotatable bonds is 3. The van der Waals surface area contributed by atoms with Gasteiger partial charge in [-0.1, -0.05) is 12.8 Å². The van der Waals surface area contributed by atoms with E-state index in [9.17, 15) is 4.79 Å². The number of hydrogen-bond acceptors (Lipinski definition) is 4. The van der Waals surface area contributed by atoms with Crippen LogP contribution in [0.25, 0.3) is 0 Å². The molecule has 1 amide bonds. The fourth-order valence-corrected chi connectivity index (χ4v) is 3.85. The summed E-state index contributed by atoms with van der Waals surface area (Å²) >= 11 is 1.59. The number of thiazole rings is 1.